The third kappa shape index (κ3) is 0.915. The van der Waals surface area contributed by atoms with Crippen LogP contribution in [0, 0.1) is 16.7 Å². The summed E-state index contributed by atoms with van der Waals surface area (Å²) in [6, 6.07) is 0. The summed E-state index contributed by atoms with van der Waals surface area (Å²) < 4.78 is 0. The van der Waals surface area contributed by atoms with Gasteiger partial charge in [-0.15, -0.1) is 0 Å². The Labute approximate surface area is 87.5 Å². The normalized spacial score (nSPS) is 51.9. The Bertz CT molecular complexity index is 266. The third-order valence-electron chi connectivity index (χ3n) is 4.63. The van der Waals surface area contributed by atoms with Crippen LogP contribution in [0.25, 0.3) is 0 Å². The molecule has 0 radical (unpaired) electrons. The number of alkyl halides is 1. The second-order valence-corrected chi connectivity index (χ2v) is 5.43. The first-order valence-electron chi connectivity index (χ1n) is 4.86. The zero-order valence-corrected chi connectivity index (χ0v) is 9.76. The van der Waals surface area contributed by atoms with Crippen molar-refractivity contribution in [2.24, 2.45) is 21.9 Å². The van der Waals surface area contributed by atoms with Crippen LogP contribution in [0.2, 0.25) is 0 Å². The van der Waals surface area contributed by atoms with Gasteiger partial charge in [-0.25, -0.2) is 0 Å². The molecule has 0 aromatic heterocycles. The molecule has 0 heterocycles. The van der Waals surface area contributed by atoms with Crippen LogP contribution in [-0.2, 0) is 0 Å². The third-order valence-corrected chi connectivity index (χ3v) is 5.79. The van der Waals surface area contributed by atoms with Crippen molar-refractivity contribution < 1.29 is 5.21 Å². The lowest BCUT2D eigenvalue weighted by atomic mass is 9.70. The number of hydrogen-bond donors (Lipinski definition) is 1. The highest BCUT2D eigenvalue weighted by Crippen LogP contribution is 2.64. The van der Waals surface area contributed by atoms with Gasteiger partial charge in [0.2, 0.25) is 0 Å². The molecule has 13 heavy (non-hydrogen) atoms. The summed E-state index contributed by atoms with van der Waals surface area (Å²) in [5, 5.41) is 13.4. The molecule has 0 saturated heterocycles. The number of nitrogens with zero attached hydrogens (tertiary/aromatic N) is 1. The summed E-state index contributed by atoms with van der Waals surface area (Å²) in [4.78, 5) is 0. The van der Waals surface area contributed by atoms with Gasteiger partial charge in [0, 0.05) is 10.7 Å². The SMILES string of the molecule is CC1(CBr)C2CC[C@]1(C)/C(=N/O)C2. The van der Waals surface area contributed by atoms with Crippen LogP contribution in [0.15, 0.2) is 5.16 Å². The predicted octanol–water partition coefficient (Wildman–Crippen LogP) is 3.04. The van der Waals surface area contributed by atoms with Crippen LogP contribution in [0.3, 0.4) is 0 Å². The van der Waals surface area contributed by atoms with E-state index >= 15 is 0 Å². The van der Waals surface area contributed by atoms with Crippen LogP contribution in [0.5, 0.6) is 0 Å². The van der Waals surface area contributed by atoms with E-state index in [9.17, 15) is 0 Å². The fraction of sp³-hybridized carbons (Fsp3) is 0.900. The van der Waals surface area contributed by atoms with Crippen molar-refractivity contribution in [2.45, 2.75) is 33.1 Å². The van der Waals surface area contributed by atoms with Crippen LogP contribution in [0.1, 0.15) is 33.1 Å². The average Bonchev–Trinajstić information content (AvgIpc) is 2.51. The maximum atomic E-state index is 8.95. The molecule has 2 fully saturated rings. The minimum absolute atomic E-state index is 0.135. The fourth-order valence-corrected chi connectivity index (χ4v) is 4.26. The molecule has 0 amide bonds. The van der Waals surface area contributed by atoms with E-state index in [1.165, 1.54) is 12.8 Å². The van der Waals surface area contributed by atoms with E-state index in [2.05, 4.69) is 34.9 Å². The molecule has 2 aliphatic rings. The number of hydrogen-bond acceptors (Lipinski definition) is 2. The molecule has 0 aromatic carbocycles. The monoisotopic (exact) mass is 245 g/mol. The fourth-order valence-electron chi connectivity index (χ4n) is 3.19. The quantitative estimate of drug-likeness (QED) is 0.430. The van der Waals surface area contributed by atoms with E-state index in [0.29, 0.717) is 11.3 Å². The van der Waals surface area contributed by atoms with Crippen LogP contribution in [-0.4, -0.2) is 16.2 Å². The standard InChI is InChI=1S/C10H16BrNO/c1-9-4-3-7(5-8(9)12-13)10(9,2)6-11/h7,13H,3-6H2,1-2H3/b12-8+/t7?,9-,10?/m1/s1. The van der Waals surface area contributed by atoms with Crippen molar-refractivity contribution in [1.82, 2.24) is 0 Å². The van der Waals surface area contributed by atoms with Crippen LogP contribution >= 0.6 is 15.9 Å². The minimum Gasteiger partial charge on any atom is -0.411 e. The van der Waals surface area contributed by atoms with Crippen LogP contribution < -0.4 is 0 Å². The van der Waals surface area contributed by atoms with Gasteiger partial charge in [-0.3, -0.25) is 0 Å². The number of halogens is 1. The smallest absolute Gasteiger partial charge is 0.0638 e. The largest absolute Gasteiger partial charge is 0.411 e. The Morgan fingerprint density at radius 3 is 2.69 bits per heavy atom. The lowest BCUT2D eigenvalue weighted by molar-refractivity contribution is 0.199. The zero-order chi connectivity index (χ0) is 9.69. The maximum Gasteiger partial charge on any atom is 0.0638 e. The molecule has 74 valence electrons. The molecule has 2 unspecified atom stereocenters. The molecule has 3 atom stereocenters. The molecule has 2 rings (SSSR count). The number of fused-ring (bicyclic) bond motifs is 2. The molecule has 2 saturated carbocycles. The van der Waals surface area contributed by atoms with Gasteiger partial charge in [-0.2, -0.15) is 0 Å². The molecular formula is C10H16BrNO. The Kier molecular flexibility index (Phi) is 1.99. The van der Waals surface area contributed by atoms with E-state index in [4.69, 9.17) is 5.21 Å². The highest BCUT2D eigenvalue weighted by molar-refractivity contribution is 9.09. The van der Waals surface area contributed by atoms with Gasteiger partial charge in [0.25, 0.3) is 0 Å². The minimum atomic E-state index is 0.135. The summed E-state index contributed by atoms with van der Waals surface area (Å²) in [5.41, 5.74) is 1.45. The number of rotatable bonds is 1. The van der Waals surface area contributed by atoms with Crippen molar-refractivity contribution in [2.75, 3.05) is 5.33 Å². The van der Waals surface area contributed by atoms with Gasteiger partial charge in [-0.05, 0) is 30.6 Å². The zero-order valence-electron chi connectivity index (χ0n) is 8.18. The average molecular weight is 246 g/mol. The van der Waals surface area contributed by atoms with Crippen molar-refractivity contribution in [3.8, 4) is 0 Å². The first-order chi connectivity index (χ1) is 6.08. The van der Waals surface area contributed by atoms with E-state index < -0.39 is 0 Å². The summed E-state index contributed by atoms with van der Waals surface area (Å²) in [6.07, 6.45) is 3.46. The molecule has 1 N–H and O–H groups in total. The van der Waals surface area contributed by atoms with Gasteiger partial charge in [0.1, 0.15) is 0 Å². The number of oxime groups is 1. The molecule has 3 heteroatoms. The van der Waals surface area contributed by atoms with E-state index in [1.54, 1.807) is 0 Å². The second-order valence-electron chi connectivity index (χ2n) is 4.87. The van der Waals surface area contributed by atoms with Gasteiger partial charge < -0.3 is 5.21 Å². The summed E-state index contributed by atoms with van der Waals surface area (Å²) >= 11 is 3.61. The topological polar surface area (TPSA) is 32.6 Å². The molecule has 2 bridgehead atoms. The van der Waals surface area contributed by atoms with Gasteiger partial charge in [0.05, 0.1) is 5.71 Å². The van der Waals surface area contributed by atoms with E-state index in [1.807, 2.05) is 0 Å². The lowest BCUT2D eigenvalue weighted by Gasteiger charge is -2.36. The molecular weight excluding hydrogens is 230 g/mol. The molecule has 2 aliphatic carbocycles. The molecule has 0 aromatic rings. The van der Waals surface area contributed by atoms with Gasteiger partial charge in [-0.1, -0.05) is 34.9 Å². The van der Waals surface area contributed by atoms with Crippen molar-refractivity contribution in [3.05, 3.63) is 0 Å². The second kappa shape index (κ2) is 2.72. The summed E-state index contributed by atoms with van der Waals surface area (Å²) in [5.74, 6) is 0.711. The molecule has 0 aliphatic heterocycles. The highest BCUT2D eigenvalue weighted by atomic mass is 79.9. The van der Waals surface area contributed by atoms with Gasteiger partial charge in [0.15, 0.2) is 0 Å². The highest BCUT2D eigenvalue weighted by Gasteiger charge is 2.62. The Morgan fingerprint density at radius 2 is 2.31 bits per heavy atom. The first-order valence-corrected chi connectivity index (χ1v) is 5.98. The molecule has 2 nitrogen and oxygen atoms in total. The van der Waals surface area contributed by atoms with E-state index in [-0.39, 0.29) is 5.41 Å². The summed E-state index contributed by atoms with van der Waals surface area (Å²) in [6.45, 7) is 4.56. The Hall–Kier alpha value is -0.0500. The van der Waals surface area contributed by atoms with Crippen molar-refractivity contribution >= 4 is 21.6 Å². The van der Waals surface area contributed by atoms with E-state index in [0.717, 1.165) is 17.5 Å². The Balaban J connectivity index is 2.45. The summed E-state index contributed by atoms with van der Waals surface area (Å²) in [7, 11) is 0. The predicted molar refractivity (Wildman–Crippen MR) is 56.6 cm³/mol. The maximum absolute atomic E-state index is 8.95. The van der Waals surface area contributed by atoms with Crippen molar-refractivity contribution in [1.29, 1.82) is 0 Å². The lowest BCUT2D eigenvalue weighted by Crippen LogP contribution is -2.36. The first kappa shape index (κ1) is 9.50. The molecule has 0 spiro atoms. The van der Waals surface area contributed by atoms with Crippen LogP contribution in [0.4, 0.5) is 0 Å². The van der Waals surface area contributed by atoms with Gasteiger partial charge >= 0.3 is 0 Å². The Morgan fingerprint density at radius 1 is 1.62 bits per heavy atom. The van der Waals surface area contributed by atoms with Crippen molar-refractivity contribution in [3.63, 3.8) is 0 Å².